The first-order valence-corrected chi connectivity index (χ1v) is 6.65. The van der Waals surface area contributed by atoms with Crippen LogP contribution >= 0.6 is 0 Å². The monoisotopic (exact) mass is 254 g/mol. The summed E-state index contributed by atoms with van der Waals surface area (Å²) >= 11 is 0. The Labute approximate surface area is 113 Å². The van der Waals surface area contributed by atoms with Gasteiger partial charge in [0, 0.05) is 24.6 Å². The molecule has 1 aromatic carbocycles. The van der Waals surface area contributed by atoms with Gasteiger partial charge in [0.05, 0.1) is 12.8 Å². The van der Waals surface area contributed by atoms with Crippen molar-refractivity contribution in [2.45, 2.75) is 24.9 Å². The van der Waals surface area contributed by atoms with Gasteiger partial charge < -0.3 is 10.1 Å². The molecular weight excluding hydrogens is 236 g/mol. The molecule has 1 aromatic heterocycles. The molecule has 0 radical (unpaired) electrons. The van der Waals surface area contributed by atoms with Crippen LogP contribution in [0.25, 0.3) is 0 Å². The van der Waals surface area contributed by atoms with Crippen molar-refractivity contribution in [1.82, 2.24) is 10.3 Å². The molecule has 1 aliphatic carbocycles. The van der Waals surface area contributed by atoms with Crippen LogP contribution in [0.1, 0.15) is 23.6 Å². The lowest BCUT2D eigenvalue weighted by Gasteiger charge is -2.05. The van der Waals surface area contributed by atoms with Gasteiger partial charge >= 0.3 is 0 Å². The van der Waals surface area contributed by atoms with Crippen molar-refractivity contribution in [1.29, 1.82) is 0 Å². The number of methoxy groups -OCH3 is 1. The Morgan fingerprint density at radius 3 is 2.79 bits per heavy atom. The number of pyridine rings is 1. The predicted molar refractivity (Wildman–Crippen MR) is 75.2 cm³/mol. The zero-order chi connectivity index (χ0) is 13.1. The van der Waals surface area contributed by atoms with E-state index in [9.17, 15) is 0 Å². The van der Waals surface area contributed by atoms with E-state index in [4.69, 9.17) is 4.74 Å². The van der Waals surface area contributed by atoms with Crippen molar-refractivity contribution < 1.29 is 4.74 Å². The second-order valence-corrected chi connectivity index (χ2v) is 4.91. The van der Waals surface area contributed by atoms with Crippen molar-refractivity contribution in [3.05, 3.63) is 59.8 Å². The molecule has 98 valence electrons. The van der Waals surface area contributed by atoms with Gasteiger partial charge in [0.1, 0.15) is 0 Å². The van der Waals surface area contributed by atoms with Crippen molar-refractivity contribution in [3.8, 4) is 5.88 Å². The van der Waals surface area contributed by atoms with Crippen LogP contribution in [0.2, 0.25) is 0 Å². The Morgan fingerprint density at radius 1 is 1.16 bits per heavy atom. The number of aromatic nitrogens is 1. The van der Waals surface area contributed by atoms with E-state index in [1.807, 2.05) is 18.2 Å². The molecular formula is C16H18N2O. The van der Waals surface area contributed by atoms with E-state index in [1.54, 1.807) is 7.11 Å². The lowest BCUT2D eigenvalue weighted by atomic mass is 10.1. The molecule has 0 spiro atoms. The van der Waals surface area contributed by atoms with Crippen molar-refractivity contribution >= 4 is 0 Å². The highest BCUT2D eigenvalue weighted by atomic mass is 16.5. The number of nitrogens with one attached hydrogen (secondary N) is 1. The van der Waals surface area contributed by atoms with Crippen LogP contribution in [0.15, 0.2) is 48.5 Å². The molecule has 0 saturated heterocycles. The van der Waals surface area contributed by atoms with Crippen LogP contribution in [0.4, 0.5) is 0 Å². The van der Waals surface area contributed by atoms with Crippen LogP contribution < -0.4 is 10.1 Å². The van der Waals surface area contributed by atoms with Gasteiger partial charge in [0.15, 0.2) is 0 Å². The van der Waals surface area contributed by atoms with Gasteiger partial charge in [-0.15, -0.1) is 0 Å². The minimum absolute atomic E-state index is 0.579. The molecule has 1 saturated carbocycles. The topological polar surface area (TPSA) is 34.1 Å². The summed E-state index contributed by atoms with van der Waals surface area (Å²) in [7, 11) is 1.64. The van der Waals surface area contributed by atoms with Gasteiger partial charge in [-0.3, -0.25) is 0 Å². The highest BCUT2D eigenvalue weighted by Gasteiger charge is 2.37. The fourth-order valence-electron chi connectivity index (χ4n) is 2.39. The first-order valence-electron chi connectivity index (χ1n) is 6.65. The Balaban J connectivity index is 1.54. The summed E-state index contributed by atoms with van der Waals surface area (Å²) in [5, 5.41) is 3.55. The number of rotatable bonds is 5. The van der Waals surface area contributed by atoms with Gasteiger partial charge in [-0.25, -0.2) is 4.98 Å². The second kappa shape index (κ2) is 5.41. The van der Waals surface area contributed by atoms with E-state index >= 15 is 0 Å². The maximum absolute atomic E-state index is 5.13. The SMILES string of the molecule is COc1cccc(CN[C@@H]2C[C@H]2c2ccccc2)n1. The molecule has 1 N–H and O–H groups in total. The summed E-state index contributed by atoms with van der Waals surface area (Å²) in [5.74, 6) is 1.33. The molecule has 1 aliphatic rings. The predicted octanol–water partition coefficient (Wildman–Crippen LogP) is 2.74. The van der Waals surface area contributed by atoms with Gasteiger partial charge in [-0.2, -0.15) is 0 Å². The Bertz CT molecular complexity index is 541. The third-order valence-electron chi connectivity index (χ3n) is 3.55. The van der Waals surface area contributed by atoms with Crippen LogP contribution in [0.3, 0.4) is 0 Å². The zero-order valence-electron chi connectivity index (χ0n) is 11.0. The summed E-state index contributed by atoms with van der Waals surface area (Å²) in [5.41, 5.74) is 2.46. The molecule has 0 amide bonds. The quantitative estimate of drug-likeness (QED) is 0.891. The molecule has 0 aliphatic heterocycles. The minimum Gasteiger partial charge on any atom is -0.481 e. The fourth-order valence-corrected chi connectivity index (χ4v) is 2.39. The zero-order valence-corrected chi connectivity index (χ0v) is 11.0. The second-order valence-electron chi connectivity index (χ2n) is 4.91. The fraction of sp³-hybridized carbons (Fsp3) is 0.312. The summed E-state index contributed by atoms with van der Waals surface area (Å²) in [6, 6.07) is 17.1. The Morgan fingerprint density at radius 2 is 2.00 bits per heavy atom. The summed E-state index contributed by atoms with van der Waals surface area (Å²) < 4.78 is 5.13. The third-order valence-corrected chi connectivity index (χ3v) is 3.55. The molecule has 2 aromatic rings. The average Bonchev–Trinajstić information content (AvgIpc) is 3.26. The number of hydrogen-bond donors (Lipinski definition) is 1. The third kappa shape index (κ3) is 2.93. The summed E-state index contributed by atoms with van der Waals surface area (Å²) in [6.07, 6.45) is 1.22. The first-order chi connectivity index (χ1) is 9.36. The van der Waals surface area contributed by atoms with E-state index < -0.39 is 0 Å². The largest absolute Gasteiger partial charge is 0.481 e. The molecule has 1 fully saturated rings. The lowest BCUT2D eigenvalue weighted by Crippen LogP contribution is -2.18. The van der Waals surface area contributed by atoms with Crippen molar-refractivity contribution in [2.24, 2.45) is 0 Å². The molecule has 2 atom stereocenters. The molecule has 3 rings (SSSR count). The molecule has 3 nitrogen and oxygen atoms in total. The Kier molecular flexibility index (Phi) is 3.47. The van der Waals surface area contributed by atoms with E-state index in [-0.39, 0.29) is 0 Å². The number of ether oxygens (including phenoxy) is 1. The molecule has 3 heteroatoms. The standard InChI is InChI=1S/C16H18N2O/c1-19-16-9-5-8-13(18-16)11-17-15-10-14(15)12-6-3-2-4-7-12/h2-9,14-15,17H,10-11H2,1H3/t14-,15+/m0/s1. The van der Waals surface area contributed by atoms with Crippen molar-refractivity contribution in [2.75, 3.05) is 7.11 Å². The van der Waals surface area contributed by atoms with E-state index in [1.165, 1.54) is 12.0 Å². The van der Waals surface area contributed by atoms with Gasteiger partial charge in [0.25, 0.3) is 0 Å². The molecule has 1 heterocycles. The minimum atomic E-state index is 0.579. The molecule has 0 bridgehead atoms. The normalized spacial score (nSPS) is 21.1. The van der Waals surface area contributed by atoms with E-state index in [2.05, 4.69) is 40.6 Å². The highest BCUT2D eigenvalue weighted by molar-refractivity contribution is 5.27. The van der Waals surface area contributed by atoms with E-state index in [0.29, 0.717) is 17.8 Å². The lowest BCUT2D eigenvalue weighted by molar-refractivity contribution is 0.395. The van der Waals surface area contributed by atoms with E-state index in [0.717, 1.165) is 12.2 Å². The number of nitrogens with zero attached hydrogens (tertiary/aromatic N) is 1. The van der Waals surface area contributed by atoms with Crippen LogP contribution in [-0.2, 0) is 6.54 Å². The van der Waals surface area contributed by atoms with Gasteiger partial charge in [-0.1, -0.05) is 36.4 Å². The average molecular weight is 254 g/mol. The van der Waals surface area contributed by atoms with Gasteiger partial charge in [0.2, 0.25) is 5.88 Å². The number of benzene rings is 1. The van der Waals surface area contributed by atoms with Gasteiger partial charge in [-0.05, 0) is 18.1 Å². The van der Waals surface area contributed by atoms with Crippen LogP contribution in [0.5, 0.6) is 5.88 Å². The van der Waals surface area contributed by atoms with Crippen molar-refractivity contribution in [3.63, 3.8) is 0 Å². The summed E-state index contributed by atoms with van der Waals surface area (Å²) in [4.78, 5) is 4.40. The Hall–Kier alpha value is -1.87. The first kappa shape index (κ1) is 12.2. The summed E-state index contributed by atoms with van der Waals surface area (Å²) in [6.45, 7) is 0.797. The number of hydrogen-bond acceptors (Lipinski definition) is 3. The smallest absolute Gasteiger partial charge is 0.213 e. The maximum atomic E-state index is 5.13. The molecule has 0 unspecified atom stereocenters. The van der Waals surface area contributed by atoms with Crippen LogP contribution in [0, 0.1) is 0 Å². The maximum Gasteiger partial charge on any atom is 0.213 e. The molecule has 19 heavy (non-hydrogen) atoms. The highest BCUT2D eigenvalue weighted by Crippen LogP contribution is 2.40. The van der Waals surface area contributed by atoms with Crippen LogP contribution in [-0.4, -0.2) is 18.1 Å².